The highest BCUT2D eigenvalue weighted by atomic mass is 35.5. The number of methoxy groups -OCH3 is 3. The molecule has 0 atom stereocenters. The van der Waals surface area contributed by atoms with Crippen molar-refractivity contribution in [2.45, 2.75) is 5.92 Å². The summed E-state index contributed by atoms with van der Waals surface area (Å²) in [5, 5.41) is -0.0933. The molecule has 25 heavy (non-hydrogen) atoms. The molecule has 0 bridgehead atoms. The second-order valence-corrected chi connectivity index (χ2v) is 5.30. The minimum atomic E-state index is -1.35. The van der Waals surface area contributed by atoms with Crippen LogP contribution in [0.4, 0.5) is 4.39 Å². The van der Waals surface area contributed by atoms with Crippen molar-refractivity contribution in [1.29, 1.82) is 0 Å². The van der Waals surface area contributed by atoms with Crippen molar-refractivity contribution in [3.8, 4) is 17.0 Å². The number of carbonyl (C=O) groups excluding carboxylic acids is 2. The molecule has 0 aliphatic carbocycles. The van der Waals surface area contributed by atoms with Gasteiger partial charge in [-0.3, -0.25) is 9.59 Å². The van der Waals surface area contributed by atoms with Gasteiger partial charge in [-0.2, -0.15) is 0 Å². The summed E-state index contributed by atoms with van der Waals surface area (Å²) in [5.41, 5.74) is 0.855. The predicted molar refractivity (Wildman–Crippen MR) is 88.0 cm³/mol. The van der Waals surface area contributed by atoms with Gasteiger partial charge in [0, 0.05) is 5.56 Å². The zero-order chi connectivity index (χ0) is 18.6. The van der Waals surface area contributed by atoms with E-state index >= 15 is 0 Å². The molecule has 8 heteroatoms. The summed E-state index contributed by atoms with van der Waals surface area (Å²) in [6.45, 7) is 0. The Bertz CT molecular complexity index is 796. The molecule has 0 aliphatic heterocycles. The molecule has 0 radical (unpaired) electrons. The predicted octanol–water partition coefficient (Wildman–Crippen LogP) is 2.98. The molecule has 0 fully saturated rings. The molecule has 6 nitrogen and oxygen atoms in total. The molecular weight excluding hydrogens is 353 g/mol. The second kappa shape index (κ2) is 7.94. The molecule has 0 saturated carbocycles. The Morgan fingerprint density at radius 2 is 1.72 bits per heavy atom. The summed E-state index contributed by atoms with van der Waals surface area (Å²) in [6, 6.07) is 7.00. The average molecular weight is 368 g/mol. The summed E-state index contributed by atoms with van der Waals surface area (Å²) < 4.78 is 27.9. The third kappa shape index (κ3) is 3.88. The Hall–Kier alpha value is -2.67. The molecule has 2 rings (SSSR count). The summed E-state index contributed by atoms with van der Waals surface area (Å²) >= 11 is 5.82. The van der Waals surface area contributed by atoms with E-state index in [1.54, 1.807) is 0 Å². The number of rotatable bonds is 5. The first-order valence-corrected chi connectivity index (χ1v) is 7.46. The van der Waals surface area contributed by atoms with Gasteiger partial charge >= 0.3 is 11.9 Å². The van der Waals surface area contributed by atoms with Crippen LogP contribution in [-0.4, -0.2) is 38.3 Å². The monoisotopic (exact) mass is 367 g/mol. The van der Waals surface area contributed by atoms with E-state index in [1.807, 2.05) is 0 Å². The topological polar surface area (TPSA) is 74.7 Å². The lowest BCUT2D eigenvalue weighted by Gasteiger charge is -2.15. The van der Waals surface area contributed by atoms with Crippen LogP contribution in [0.5, 0.6) is 5.75 Å². The molecule has 0 amide bonds. The third-order valence-electron chi connectivity index (χ3n) is 3.46. The summed E-state index contributed by atoms with van der Waals surface area (Å²) in [4.78, 5) is 28.2. The van der Waals surface area contributed by atoms with E-state index in [1.165, 1.54) is 37.4 Å². The number of carbonyl (C=O) groups is 2. The van der Waals surface area contributed by atoms with Gasteiger partial charge in [-0.1, -0.05) is 11.6 Å². The summed E-state index contributed by atoms with van der Waals surface area (Å²) in [7, 11) is 3.74. The van der Waals surface area contributed by atoms with E-state index in [-0.39, 0.29) is 10.7 Å². The maximum atomic E-state index is 13.4. The maximum absolute atomic E-state index is 13.4. The van der Waals surface area contributed by atoms with E-state index in [2.05, 4.69) is 14.5 Å². The Balaban J connectivity index is 2.60. The van der Waals surface area contributed by atoms with E-state index in [0.717, 1.165) is 14.2 Å². The van der Waals surface area contributed by atoms with Crippen molar-refractivity contribution < 1.29 is 28.2 Å². The van der Waals surface area contributed by atoms with Crippen molar-refractivity contribution in [3.63, 3.8) is 0 Å². The highest BCUT2D eigenvalue weighted by molar-refractivity contribution is 6.31. The van der Waals surface area contributed by atoms with E-state index < -0.39 is 23.7 Å². The average Bonchev–Trinajstić information content (AvgIpc) is 2.63. The third-order valence-corrected chi connectivity index (χ3v) is 3.75. The van der Waals surface area contributed by atoms with Crippen molar-refractivity contribution in [3.05, 3.63) is 46.9 Å². The highest BCUT2D eigenvalue weighted by Crippen LogP contribution is 2.32. The van der Waals surface area contributed by atoms with Gasteiger partial charge in [0.25, 0.3) is 0 Å². The standard InChI is InChI=1S/C17H15ClFNO5/c1-23-13-7-6-12(14(16(21)24-2)17(22)25-3)20-15(13)9-4-5-11(19)10(18)8-9/h4-8,14H,1-3H3. The molecule has 1 aromatic carbocycles. The van der Waals surface area contributed by atoms with Gasteiger partial charge in [0.15, 0.2) is 5.92 Å². The normalized spacial score (nSPS) is 10.5. The van der Waals surface area contributed by atoms with Gasteiger partial charge < -0.3 is 14.2 Å². The number of nitrogens with zero attached hydrogens (tertiary/aromatic N) is 1. The van der Waals surface area contributed by atoms with Crippen LogP contribution in [0, 0.1) is 5.82 Å². The molecule has 1 heterocycles. The number of halogens is 2. The van der Waals surface area contributed by atoms with Crippen LogP contribution >= 0.6 is 11.6 Å². The van der Waals surface area contributed by atoms with Crippen molar-refractivity contribution in [1.82, 2.24) is 4.98 Å². The number of benzene rings is 1. The number of aromatic nitrogens is 1. The van der Waals surface area contributed by atoms with Crippen LogP contribution in [0.1, 0.15) is 11.6 Å². The molecule has 0 aliphatic rings. The number of hydrogen-bond donors (Lipinski definition) is 0. The molecule has 1 aromatic heterocycles. The molecule has 0 saturated heterocycles. The SMILES string of the molecule is COC(=O)C(C(=O)OC)c1ccc(OC)c(-c2ccc(F)c(Cl)c2)n1. The minimum Gasteiger partial charge on any atom is -0.494 e. The first kappa shape index (κ1) is 18.7. The molecule has 0 N–H and O–H groups in total. The minimum absolute atomic E-state index is 0.0933. The van der Waals surface area contributed by atoms with Gasteiger partial charge in [-0.25, -0.2) is 9.37 Å². The number of pyridine rings is 1. The van der Waals surface area contributed by atoms with Crippen LogP contribution in [-0.2, 0) is 19.1 Å². The van der Waals surface area contributed by atoms with E-state index in [9.17, 15) is 14.0 Å². The lowest BCUT2D eigenvalue weighted by Crippen LogP contribution is -2.25. The van der Waals surface area contributed by atoms with Crippen molar-refractivity contribution >= 4 is 23.5 Å². The lowest BCUT2D eigenvalue weighted by molar-refractivity contribution is -0.154. The Labute approximate surface area is 148 Å². The second-order valence-electron chi connectivity index (χ2n) is 4.90. The highest BCUT2D eigenvalue weighted by Gasteiger charge is 2.32. The zero-order valence-corrected chi connectivity index (χ0v) is 14.5. The molecule has 2 aromatic rings. The van der Waals surface area contributed by atoms with Crippen molar-refractivity contribution in [2.75, 3.05) is 21.3 Å². The molecular formula is C17H15ClFNO5. The van der Waals surface area contributed by atoms with Gasteiger partial charge in [0.1, 0.15) is 17.3 Å². The van der Waals surface area contributed by atoms with Crippen LogP contribution in [0.15, 0.2) is 30.3 Å². The summed E-state index contributed by atoms with van der Waals surface area (Å²) in [5.74, 6) is -3.20. The molecule has 0 unspecified atom stereocenters. The zero-order valence-electron chi connectivity index (χ0n) is 13.7. The Morgan fingerprint density at radius 1 is 1.08 bits per heavy atom. The Kier molecular flexibility index (Phi) is 5.93. The van der Waals surface area contributed by atoms with E-state index in [4.69, 9.17) is 16.3 Å². The van der Waals surface area contributed by atoms with Gasteiger partial charge in [-0.15, -0.1) is 0 Å². The molecule has 0 spiro atoms. The number of esters is 2. The Morgan fingerprint density at radius 3 is 2.24 bits per heavy atom. The molecule has 132 valence electrons. The lowest BCUT2D eigenvalue weighted by atomic mass is 10.0. The fourth-order valence-electron chi connectivity index (χ4n) is 2.21. The fourth-order valence-corrected chi connectivity index (χ4v) is 2.39. The fraction of sp³-hybridized carbons (Fsp3) is 0.235. The summed E-state index contributed by atoms with van der Waals surface area (Å²) in [6.07, 6.45) is 0. The van der Waals surface area contributed by atoms with E-state index in [0.29, 0.717) is 17.0 Å². The maximum Gasteiger partial charge on any atom is 0.326 e. The number of ether oxygens (including phenoxy) is 3. The smallest absolute Gasteiger partial charge is 0.326 e. The number of hydrogen-bond acceptors (Lipinski definition) is 6. The van der Waals surface area contributed by atoms with Gasteiger partial charge in [-0.05, 0) is 30.3 Å². The first-order valence-electron chi connectivity index (χ1n) is 7.09. The van der Waals surface area contributed by atoms with Gasteiger partial charge in [0.2, 0.25) is 0 Å². The van der Waals surface area contributed by atoms with Crippen molar-refractivity contribution in [2.24, 2.45) is 0 Å². The van der Waals surface area contributed by atoms with Crippen LogP contribution < -0.4 is 4.74 Å². The first-order chi connectivity index (χ1) is 11.9. The largest absolute Gasteiger partial charge is 0.494 e. The quantitative estimate of drug-likeness (QED) is 0.597. The van der Waals surface area contributed by atoms with Crippen LogP contribution in [0.2, 0.25) is 5.02 Å². The van der Waals surface area contributed by atoms with Gasteiger partial charge in [0.05, 0.1) is 32.0 Å². The van der Waals surface area contributed by atoms with Crippen LogP contribution in [0.3, 0.4) is 0 Å². The van der Waals surface area contributed by atoms with Crippen LogP contribution in [0.25, 0.3) is 11.3 Å².